The van der Waals surface area contributed by atoms with Gasteiger partial charge in [-0.3, -0.25) is 0 Å². The Labute approximate surface area is 61.3 Å². The van der Waals surface area contributed by atoms with Gasteiger partial charge >= 0.3 is 0 Å². The van der Waals surface area contributed by atoms with Crippen LogP contribution in [0.15, 0.2) is 18.2 Å². The first kappa shape index (κ1) is 7.32. The van der Waals surface area contributed by atoms with E-state index in [1.165, 1.54) is 17.1 Å². The molecule has 0 atom stereocenters. The summed E-state index contributed by atoms with van der Waals surface area (Å²) in [6, 6.07) is 5.01. The first-order valence-corrected chi connectivity index (χ1v) is 3.93. The highest BCUT2D eigenvalue weighted by molar-refractivity contribution is 6.52. The Morgan fingerprint density at radius 2 is 2.10 bits per heavy atom. The summed E-state index contributed by atoms with van der Waals surface area (Å²) >= 11 is 0. The summed E-state index contributed by atoms with van der Waals surface area (Å²) in [6.45, 7) is 4.18. The Kier molecular flexibility index (Phi) is 2.10. The zero-order valence-corrected chi connectivity index (χ0v) is 6.61. The first-order chi connectivity index (χ1) is 4.74. The summed E-state index contributed by atoms with van der Waals surface area (Å²) in [4.78, 5) is 0. The minimum atomic E-state index is -0.105. The third kappa shape index (κ3) is 1.38. The van der Waals surface area contributed by atoms with Gasteiger partial charge in [0.2, 0.25) is 0 Å². The summed E-state index contributed by atoms with van der Waals surface area (Å²) in [5.41, 5.74) is 2.45. The maximum atomic E-state index is 12.6. The Bertz CT molecular complexity index is 233. The second-order valence-electron chi connectivity index (χ2n) is 2.73. The molecule has 0 saturated heterocycles. The van der Waals surface area contributed by atoms with E-state index in [9.17, 15) is 4.39 Å². The van der Waals surface area contributed by atoms with E-state index in [1.54, 1.807) is 6.07 Å². The van der Waals surface area contributed by atoms with E-state index in [1.807, 2.05) is 13.0 Å². The smallest absolute Gasteiger partial charge is 0.120 e. The maximum absolute atomic E-state index is 12.6. The summed E-state index contributed by atoms with van der Waals surface area (Å²) in [7, 11) is -0.0885. The minimum absolute atomic E-state index is 0.0885. The second-order valence-corrected chi connectivity index (χ2v) is 2.73. The highest BCUT2D eigenvalue weighted by Crippen LogP contribution is 1.97. The van der Waals surface area contributed by atoms with E-state index in [-0.39, 0.29) is 13.1 Å². The van der Waals surface area contributed by atoms with Crippen LogP contribution in [-0.4, -0.2) is 7.28 Å². The van der Waals surface area contributed by atoms with Crippen molar-refractivity contribution in [2.75, 3.05) is 0 Å². The molecular formula is C8H11BF-. The summed E-state index contributed by atoms with van der Waals surface area (Å²) in [5, 5.41) is 0. The van der Waals surface area contributed by atoms with Gasteiger partial charge in [0.15, 0.2) is 0 Å². The van der Waals surface area contributed by atoms with Crippen LogP contribution in [0.25, 0.3) is 0 Å². The quantitative estimate of drug-likeness (QED) is 0.506. The first-order valence-electron chi connectivity index (χ1n) is 3.93. The van der Waals surface area contributed by atoms with Gasteiger partial charge in [-0.25, -0.2) is 9.85 Å². The molecule has 0 aliphatic heterocycles. The van der Waals surface area contributed by atoms with Crippen LogP contribution in [0.4, 0.5) is 4.39 Å². The topological polar surface area (TPSA) is 0 Å². The molecule has 0 radical (unpaired) electrons. The van der Waals surface area contributed by atoms with Gasteiger partial charge < -0.3 is 0 Å². The van der Waals surface area contributed by atoms with Crippen molar-refractivity contribution < 1.29 is 4.39 Å². The van der Waals surface area contributed by atoms with Gasteiger partial charge in [0.1, 0.15) is 5.82 Å². The second kappa shape index (κ2) is 2.87. The largest absolute Gasteiger partial charge is 0.212 e. The monoisotopic (exact) mass is 137 g/mol. The van der Waals surface area contributed by atoms with E-state index in [0.717, 1.165) is 0 Å². The lowest BCUT2D eigenvalue weighted by molar-refractivity contribution is 0.628. The van der Waals surface area contributed by atoms with Crippen LogP contribution < -0.4 is 5.46 Å². The van der Waals surface area contributed by atoms with Crippen LogP contribution in [0.2, 0.25) is 6.82 Å². The minimum Gasteiger partial charge on any atom is -0.212 e. The standard InChI is InChI=1S/C8H11BF/c1-6-3-4-7(10)5-8(6)9-2/h3-5H,9H2,1-2H3/q-1. The molecule has 0 aromatic heterocycles. The van der Waals surface area contributed by atoms with Crippen molar-refractivity contribution in [3.05, 3.63) is 29.6 Å². The summed E-state index contributed by atoms with van der Waals surface area (Å²) in [5.74, 6) is -0.105. The van der Waals surface area contributed by atoms with Crippen LogP contribution >= 0.6 is 0 Å². The Morgan fingerprint density at radius 3 is 2.60 bits per heavy atom. The van der Waals surface area contributed by atoms with Gasteiger partial charge in [-0.05, 0) is 20.3 Å². The van der Waals surface area contributed by atoms with Crippen molar-refractivity contribution in [1.29, 1.82) is 0 Å². The maximum Gasteiger partial charge on any atom is 0.120 e. The predicted octanol–water partition coefficient (Wildman–Crippen LogP) is 0.976. The zero-order chi connectivity index (χ0) is 7.56. The molecule has 2 heteroatoms. The van der Waals surface area contributed by atoms with E-state index in [2.05, 4.69) is 6.82 Å². The van der Waals surface area contributed by atoms with E-state index in [4.69, 9.17) is 0 Å². The van der Waals surface area contributed by atoms with Crippen molar-refractivity contribution in [3.63, 3.8) is 0 Å². The predicted molar refractivity (Wildman–Crippen MR) is 45.2 cm³/mol. The van der Waals surface area contributed by atoms with Crippen molar-refractivity contribution in [1.82, 2.24) is 0 Å². The third-order valence-corrected chi connectivity index (χ3v) is 2.01. The zero-order valence-electron chi connectivity index (χ0n) is 6.61. The van der Waals surface area contributed by atoms with Crippen LogP contribution in [0, 0.1) is 12.7 Å². The Morgan fingerprint density at radius 1 is 1.40 bits per heavy atom. The molecule has 0 heterocycles. The molecule has 0 bridgehead atoms. The van der Waals surface area contributed by atoms with E-state index >= 15 is 0 Å². The molecule has 1 rings (SSSR count). The lowest BCUT2D eigenvalue weighted by atomic mass is 9.71. The third-order valence-electron chi connectivity index (χ3n) is 2.01. The van der Waals surface area contributed by atoms with E-state index < -0.39 is 0 Å². The van der Waals surface area contributed by atoms with E-state index in [0.29, 0.717) is 0 Å². The Hall–Kier alpha value is -0.785. The fourth-order valence-electron chi connectivity index (χ4n) is 1.24. The molecule has 10 heavy (non-hydrogen) atoms. The molecule has 0 saturated carbocycles. The summed E-state index contributed by atoms with van der Waals surface area (Å²) < 4.78 is 12.6. The molecule has 1 aromatic carbocycles. The molecule has 0 unspecified atom stereocenters. The van der Waals surface area contributed by atoms with Gasteiger partial charge in [0.05, 0.1) is 0 Å². The molecule has 0 amide bonds. The molecule has 0 spiro atoms. The number of hydrogen-bond donors (Lipinski definition) is 0. The van der Waals surface area contributed by atoms with Crippen LogP contribution in [0.3, 0.4) is 0 Å². The molecule has 0 aliphatic rings. The molecular weight excluding hydrogens is 126 g/mol. The molecule has 1 aromatic rings. The van der Waals surface area contributed by atoms with Crippen molar-refractivity contribution in [2.24, 2.45) is 0 Å². The molecule has 54 valence electrons. The molecule has 0 nitrogen and oxygen atoms in total. The molecule has 0 aliphatic carbocycles. The van der Waals surface area contributed by atoms with Gasteiger partial charge in [-0.2, -0.15) is 6.82 Å². The Balaban J connectivity index is 3.09. The fraction of sp³-hybridized carbons (Fsp3) is 0.250. The van der Waals surface area contributed by atoms with Gasteiger partial charge in [-0.1, -0.05) is 17.7 Å². The fourth-order valence-corrected chi connectivity index (χ4v) is 1.24. The SMILES string of the molecule is C[BH2-]c1cc(F)ccc1C. The normalized spacial score (nSPS) is 9.90. The van der Waals surface area contributed by atoms with Crippen LogP contribution in [-0.2, 0) is 0 Å². The summed E-state index contributed by atoms with van der Waals surface area (Å²) in [6.07, 6.45) is 0. The lowest BCUT2D eigenvalue weighted by Gasteiger charge is -2.06. The van der Waals surface area contributed by atoms with Crippen molar-refractivity contribution in [2.45, 2.75) is 13.7 Å². The average Bonchev–Trinajstić information content (AvgIpc) is 1.94. The van der Waals surface area contributed by atoms with Crippen molar-refractivity contribution in [3.8, 4) is 0 Å². The van der Waals surface area contributed by atoms with Crippen LogP contribution in [0.5, 0.6) is 0 Å². The number of aryl methyl sites for hydroxylation is 1. The molecule has 0 fully saturated rings. The number of hydrogen-bond acceptors (Lipinski definition) is 0. The van der Waals surface area contributed by atoms with Crippen LogP contribution in [0.1, 0.15) is 5.56 Å². The van der Waals surface area contributed by atoms with Crippen molar-refractivity contribution >= 4 is 12.7 Å². The van der Waals surface area contributed by atoms with Gasteiger partial charge in [0.25, 0.3) is 0 Å². The number of rotatable bonds is 1. The highest BCUT2D eigenvalue weighted by Gasteiger charge is 1.90. The average molecular weight is 137 g/mol. The number of benzene rings is 1. The van der Waals surface area contributed by atoms with Gasteiger partial charge in [-0.15, -0.1) is 0 Å². The highest BCUT2D eigenvalue weighted by atomic mass is 19.1. The molecule has 0 N–H and O–H groups in total. The number of halogens is 1. The van der Waals surface area contributed by atoms with Gasteiger partial charge in [0, 0.05) is 0 Å². The lowest BCUT2D eigenvalue weighted by Crippen LogP contribution is -2.14.